The number of carbonyl (C=O) groups excluding carboxylic acids is 2. The average molecular weight is 901 g/mol. The lowest BCUT2D eigenvalue weighted by Crippen LogP contribution is -2.45. The molecule has 64 heavy (non-hydrogen) atoms. The van der Waals surface area contributed by atoms with Gasteiger partial charge in [-0.15, -0.1) is 0 Å². The molecule has 0 aromatic carbocycles. The summed E-state index contributed by atoms with van der Waals surface area (Å²) in [5.74, 6) is -0.0834. The molecule has 6 nitrogen and oxygen atoms in total. The van der Waals surface area contributed by atoms with E-state index in [0.29, 0.717) is 19.4 Å². The smallest absolute Gasteiger partial charge is 0.305 e. The van der Waals surface area contributed by atoms with Gasteiger partial charge in [0.25, 0.3) is 0 Å². The second kappa shape index (κ2) is 53.7. The van der Waals surface area contributed by atoms with Crippen molar-refractivity contribution in [2.75, 3.05) is 13.2 Å². The monoisotopic (exact) mass is 900 g/mol. The Hall–Kier alpha value is -1.92. The molecule has 0 aromatic rings. The molecule has 0 aliphatic rings. The molecule has 0 bridgehead atoms. The first-order valence-corrected chi connectivity index (χ1v) is 28.3. The van der Waals surface area contributed by atoms with E-state index in [2.05, 4.69) is 43.5 Å². The molecule has 0 radical (unpaired) electrons. The Morgan fingerprint density at radius 1 is 0.422 bits per heavy atom. The highest BCUT2D eigenvalue weighted by atomic mass is 16.5. The van der Waals surface area contributed by atoms with Crippen LogP contribution < -0.4 is 5.32 Å². The van der Waals surface area contributed by atoms with Gasteiger partial charge in [0.05, 0.1) is 25.4 Å². The van der Waals surface area contributed by atoms with E-state index < -0.39 is 12.1 Å². The molecule has 0 aromatic heterocycles. The average Bonchev–Trinajstić information content (AvgIpc) is 3.29. The molecule has 0 aliphatic carbocycles. The van der Waals surface area contributed by atoms with E-state index in [1.165, 1.54) is 218 Å². The number of hydrogen-bond donors (Lipinski definition) is 3. The van der Waals surface area contributed by atoms with Crippen LogP contribution in [0.1, 0.15) is 296 Å². The minimum atomic E-state index is -0.850. The topological polar surface area (TPSA) is 95.9 Å². The van der Waals surface area contributed by atoms with Gasteiger partial charge >= 0.3 is 5.97 Å². The zero-order valence-corrected chi connectivity index (χ0v) is 42.8. The van der Waals surface area contributed by atoms with E-state index >= 15 is 0 Å². The van der Waals surface area contributed by atoms with Crippen LogP contribution in [0.15, 0.2) is 36.5 Å². The van der Waals surface area contributed by atoms with Gasteiger partial charge < -0.3 is 20.3 Å². The van der Waals surface area contributed by atoms with Crippen LogP contribution in [0.5, 0.6) is 0 Å². The zero-order chi connectivity index (χ0) is 46.5. The molecule has 0 aliphatic heterocycles. The Morgan fingerprint density at radius 2 is 0.734 bits per heavy atom. The van der Waals surface area contributed by atoms with Crippen molar-refractivity contribution in [3.05, 3.63) is 36.5 Å². The number of carbonyl (C=O) groups is 2. The first kappa shape index (κ1) is 62.1. The highest BCUT2D eigenvalue weighted by Gasteiger charge is 2.18. The van der Waals surface area contributed by atoms with E-state index in [-0.39, 0.29) is 18.5 Å². The number of ether oxygens (including phenoxy) is 1. The Labute approximate surface area is 398 Å². The highest BCUT2D eigenvalue weighted by Crippen LogP contribution is 2.15. The Kier molecular flexibility index (Phi) is 52.1. The molecule has 6 heteroatoms. The molecule has 0 saturated heterocycles. The molecular formula is C58H109NO5. The van der Waals surface area contributed by atoms with Gasteiger partial charge in [0.15, 0.2) is 0 Å². The van der Waals surface area contributed by atoms with E-state index in [4.69, 9.17) is 4.74 Å². The predicted molar refractivity (Wildman–Crippen MR) is 278 cm³/mol. The summed E-state index contributed by atoms with van der Waals surface area (Å²) in [5.41, 5.74) is 0. The third kappa shape index (κ3) is 49.5. The molecule has 0 rings (SSSR count). The van der Waals surface area contributed by atoms with Gasteiger partial charge in [-0.1, -0.05) is 237 Å². The molecule has 0 heterocycles. The largest absolute Gasteiger partial charge is 0.466 e. The summed E-state index contributed by atoms with van der Waals surface area (Å²) in [6.07, 6.45) is 65.9. The van der Waals surface area contributed by atoms with Crippen molar-refractivity contribution < 1.29 is 24.5 Å². The first-order valence-electron chi connectivity index (χ1n) is 28.3. The summed E-state index contributed by atoms with van der Waals surface area (Å²) >= 11 is 0. The first-order chi connectivity index (χ1) is 31.5. The van der Waals surface area contributed by atoms with Crippen LogP contribution >= 0.6 is 0 Å². The van der Waals surface area contributed by atoms with E-state index in [1.54, 1.807) is 6.08 Å². The number of unbranched alkanes of at least 4 members (excludes halogenated alkanes) is 37. The second-order valence-corrected chi connectivity index (χ2v) is 19.3. The van der Waals surface area contributed by atoms with Gasteiger partial charge in [0.1, 0.15) is 0 Å². The van der Waals surface area contributed by atoms with Crippen molar-refractivity contribution in [1.29, 1.82) is 0 Å². The van der Waals surface area contributed by atoms with Gasteiger partial charge in [0.2, 0.25) is 5.91 Å². The number of aliphatic hydroxyl groups is 2. The summed E-state index contributed by atoms with van der Waals surface area (Å²) < 4.78 is 5.47. The van der Waals surface area contributed by atoms with Gasteiger partial charge in [-0.25, -0.2) is 0 Å². The fourth-order valence-corrected chi connectivity index (χ4v) is 8.50. The Bertz CT molecular complexity index is 1040. The van der Waals surface area contributed by atoms with Crippen LogP contribution in [0.4, 0.5) is 0 Å². The van der Waals surface area contributed by atoms with Crippen LogP contribution in [0.3, 0.4) is 0 Å². The number of hydrogen-bond acceptors (Lipinski definition) is 5. The molecular weight excluding hydrogens is 791 g/mol. The van der Waals surface area contributed by atoms with Crippen LogP contribution in [-0.4, -0.2) is 47.4 Å². The fraction of sp³-hybridized carbons (Fsp3) is 0.862. The van der Waals surface area contributed by atoms with Crippen LogP contribution in [0.2, 0.25) is 0 Å². The maximum Gasteiger partial charge on any atom is 0.305 e. The predicted octanol–water partition coefficient (Wildman–Crippen LogP) is 17.2. The van der Waals surface area contributed by atoms with E-state index in [0.717, 1.165) is 51.4 Å². The van der Waals surface area contributed by atoms with Crippen LogP contribution in [0, 0.1) is 0 Å². The van der Waals surface area contributed by atoms with Crippen molar-refractivity contribution >= 4 is 11.9 Å². The van der Waals surface area contributed by atoms with Crippen molar-refractivity contribution in [2.24, 2.45) is 0 Å². The summed E-state index contributed by atoms with van der Waals surface area (Å²) in [6, 6.07) is -0.634. The van der Waals surface area contributed by atoms with Crippen LogP contribution in [0.25, 0.3) is 0 Å². The zero-order valence-electron chi connectivity index (χ0n) is 42.8. The lowest BCUT2D eigenvalue weighted by molar-refractivity contribution is -0.143. The molecule has 2 atom stereocenters. The third-order valence-electron chi connectivity index (χ3n) is 12.9. The molecule has 376 valence electrons. The van der Waals surface area contributed by atoms with Crippen molar-refractivity contribution in [3.8, 4) is 0 Å². The number of aliphatic hydroxyl groups excluding tert-OH is 2. The summed E-state index contributed by atoms with van der Waals surface area (Å²) in [7, 11) is 0. The summed E-state index contributed by atoms with van der Waals surface area (Å²) in [4.78, 5) is 24.5. The lowest BCUT2D eigenvalue weighted by atomic mass is 10.0. The summed E-state index contributed by atoms with van der Waals surface area (Å²) in [5, 5.41) is 23.0. The van der Waals surface area contributed by atoms with Gasteiger partial charge in [0, 0.05) is 12.8 Å². The molecule has 2 unspecified atom stereocenters. The molecule has 0 spiro atoms. The fourth-order valence-electron chi connectivity index (χ4n) is 8.50. The van der Waals surface area contributed by atoms with E-state index in [1.807, 2.05) is 6.08 Å². The van der Waals surface area contributed by atoms with E-state index in [9.17, 15) is 19.8 Å². The summed E-state index contributed by atoms with van der Waals surface area (Å²) in [6.45, 7) is 4.88. The molecule has 3 N–H and O–H groups in total. The second-order valence-electron chi connectivity index (χ2n) is 19.3. The number of amides is 1. The minimum Gasteiger partial charge on any atom is -0.466 e. The molecule has 0 saturated carbocycles. The van der Waals surface area contributed by atoms with Gasteiger partial charge in [-0.2, -0.15) is 0 Å². The Morgan fingerprint density at radius 3 is 1.11 bits per heavy atom. The maximum absolute atomic E-state index is 12.4. The molecule has 1 amide bonds. The highest BCUT2D eigenvalue weighted by molar-refractivity contribution is 5.76. The minimum absolute atomic E-state index is 0.00462. The maximum atomic E-state index is 12.4. The molecule has 0 fully saturated rings. The lowest BCUT2D eigenvalue weighted by Gasteiger charge is -2.20. The van der Waals surface area contributed by atoms with Crippen molar-refractivity contribution in [2.45, 2.75) is 309 Å². The standard InChI is InChI=1S/C58H109NO5/c1-3-5-7-9-11-13-15-17-18-25-28-32-36-40-44-48-52-58(63)64-53-49-45-41-37-33-29-26-23-21-19-20-22-24-27-31-35-39-43-47-51-57(62)59-55(54-60)56(61)50-46-42-38-34-30-16-14-12-10-8-6-4-2/h18-20,25,46,50,55-56,60-61H,3-17,21-24,26-45,47-49,51-54H2,1-2H3,(H,59,62)/b20-19-,25-18-,50-46+. The van der Waals surface area contributed by atoms with Crippen molar-refractivity contribution in [1.82, 2.24) is 5.32 Å². The van der Waals surface area contributed by atoms with Crippen molar-refractivity contribution in [3.63, 3.8) is 0 Å². The number of rotatable bonds is 52. The van der Waals surface area contributed by atoms with Gasteiger partial charge in [-0.05, 0) is 83.5 Å². The SMILES string of the molecule is CCCCCCCCC/C=C\CCCCCCCC(=O)OCCCCCCCCCC/C=C\CCCCCCCCCC(=O)NC(CO)C(O)/C=C/CCCCCCCCCCCC. The number of esters is 1. The quantitative estimate of drug-likeness (QED) is 0.0321. The third-order valence-corrected chi connectivity index (χ3v) is 12.9. The van der Waals surface area contributed by atoms with Gasteiger partial charge in [-0.3, -0.25) is 9.59 Å². The number of nitrogens with one attached hydrogen (secondary N) is 1. The normalized spacial score (nSPS) is 12.9. The Balaban J connectivity index is 3.45. The van der Waals surface area contributed by atoms with Crippen LogP contribution in [-0.2, 0) is 14.3 Å². The number of allylic oxidation sites excluding steroid dienone is 5.